The van der Waals surface area contributed by atoms with Crippen molar-refractivity contribution in [1.82, 2.24) is 14.3 Å². The summed E-state index contributed by atoms with van der Waals surface area (Å²) in [5.41, 5.74) is 1.09. The van der Waals surface area contributed by atoms with Crippen LogP contribution in [0.4, 0.5) is 5.69 Å². The molecule has 0 saturated heterocycles. The number of amides is 1. The van der Waals surface area contributed by atoms with E-state index in [0.717, 1.165) is 9.18 Å². The number of thioether (sulfide) groups is 1. The first-order valence-corrected chi connectivity index (χ1v) is 12.6. The van der Waals surface area contributed by atoms with Gasteiger partial charge in [-0.2, -0.15) is 0 Å². The molecule has 0 aliphatic carbocycles. The number of carbonyl (C=O) groups excluding carboxylic acids is 1. The number of sulfonamides is 1. The summed E-state index contributed by atoms with van der Waals surface area (Å²) in [6, 6.07) is 8.15. The Hall–Kier alpha value is -2.47. The van der Waals surface area contributed by atoms with Crippen LogP contribution < -0.4 is 10.1 Å². The summed E-state index contributed by atoms with van der Waals surface area (Å²) in [4.78, 5) is 23.2. The van der Waals surface area contributed by atoms with Gasteiger partial charge in [0.2, 0.25) is 10.0 Å². The van der Waals surface area contributed by atoms with Gasteiger partial charge in [-0.25, -0.2) is 22.7 Å². The maximum Gasteiger partial charge on any atom is 0.260 e. The van der Waals surface area contributed by atoms with E-state index in [4.69, 9.17) is 4.74 Å². The van der Waals surface area contributed by atoms with Crippen molar-refractivity contribution in [3.63, 3.8) is 0 Å². The van der Waals surface area contributed by atoms with Gasteiger partial charge in [-0.05, 0) is 42.8 Å². The van der Waals surface area contributed by atoms with Gasteiger partial charge in [-0.3, -0.25) is 4.79 Å². The summed E-state index contributed by atoms with van der Waals surface area (Å²) in [6.07, 6.45) is 1.83. The van der Waals surface area contributed by atoms with Crippen LogP contribution in [-0.2, 0) is 10.0 Å². The summed E-state index contributed by atoms with van der Waals surface area (Å²) >= 11 is 2.86. The van der Waals surface area contributed by atoms with Gasteiger partial charge in [-0.15, -0.1) is 23.1 Å². The second kappa shape index (κ2) is 9.35. The number of hydrogen-bond acceptors (Lipinski definition) is 8. The Morgan fingerprint density at radius 1 is 1.23 bits per heavy atom. The van der Waals surface area contributed by atoms with Crippen molar-refractivity contribution in [3.8, 4) is 16.5 Å². The molecule has 2 heterocycles. The summed E-state index contributed by atoms with van der Waals surface area (Å²) in [5, 5.41) is 5.23. The van der Waals surface area contributed by atoms with Gasteiger partial charge in [0.25, 0.3) is 5.91 Å². The Kier molecular flexibility index (Phi) is 6.99. The molecule has 1 amide bonds. The van der Waals surface area contributed by atoms with Gasteiger partial charge in [0.15, 0.2) is 5.82 Å². The summed E-state index contributed by atoms with van der Waals surface area (Å²) in [5.74, 6) is 0.452. The lowest BCUT2D eigenvalue weighted by atomic mass is 10.2. The molecule has 8 nitrogen and oxygen atoms in total. The van der Waals surface area contributed by atoms with Crippen molar-refractivity contribution in [2.24, 2.45) is 0 Å². The van der Waals surface area contributed by atoms with Gasteiger partial charge in [-0.1, -0.05) is 6.07 Å². The molecule has 0 spiro atoms. The monoisotopic (exact) mass is 478 g/mol. The first-order valence-electron chi connectivity index (χ1n) is 9.07. The van der Waals surface area contributed by atoms with Gasteiger partial charge < -0.3 is 10.1 Å². The molecule has 0 aliphatic rings. The standard InChI is InChI=1S/C20H22N4O4S3/c1-12-17(20(29-5)23-18(21-12)16-7-6-10-30-16)19(25)22-14-11-13(8-9-15(14)28-4)31(26,27)24(2)3/h6-11H,1-5H3,(H,22,25). The Morgan fingerprint density at radius 2 is 1.97 bits per heavy atom. The van der Waals surface area contributed by atoms with Crippen molar-refractivity contribution in [2.45, 2.75) is 16.8 Å². The van der Waals surface area contributed by atoms with Gasteiger partial charge in [0.05, 0.1) is 33.8 Å². The number of carbonyl (C=O) groups is 1. The highest BCUT2D eigenvalue weighted by Crippen LogP contribution is 2.31. The number of anilines is 1. The highest BCUT2D eigenvalue weighted by atomic mass is 32.2. The molecule has 164 valence electrons. The van der Waals surface area contributed by atoms with Gasteiger partial charge in [0.1, 0.15) is 10.8 Å². The minimum Gasteiger partial charge on any atom is -0.495 e. The normalized spacial score (nSPS) is 11.5. The van der Waals surface area contributed by atoms with Crippen LogP contribution in [0.1, 0.15) is 16.1 Å². The molecule has 3 rings (SSSR count). The van der Waals surface area contributed by atoms with E-state index in [2.05, 4.69) is 15.3 Å². The molecule has 1 N–H and O–H groups in total. The summed E-state index contributed by atoms with van der Waals surface area (Å²) in [7, 11) is 0.655. The number of aryl methyl sites for hydroxylation is 1. The molecule has 0 atom stereocenters. The quantitative estimate of drug-likeness (QED) is 0.408. The lowest BCUT2D eigenvalue weighted by molar-refractivity contribution is 0.102. The highest BCUT2D eigenvalue weighted by Gasteiger charge is 2.23. The van der Waals surface area contributed by atoms with Crippen LogP contribution in [0.25, 0.3) is 10.7 Å². The summed E-state index contributed by atoms with van der Waals surface area (Å²) < 4.78 is 31.4. The SMILES string of the molecule is COc1ccc(S(=O)(=O)N(C)C)cc1NC(=O)c1c(C)nc(-c2cccs2)nc1SC. The number of benzene rings is 1. The van der Waals surface area contributed by atoms with E-state index >= 15 is 0 Å². The predicted octanol–water partition coefficient (Wildman–Crippen LogP) is 3.75. The van der Waals surface area contributed by atoms with Crippen LogP contribution in [0.2, 0.25) is 0 Å². The molecule has 11 heteroatoms. The Bertz CT molecular complexity index is 1210. The largest absolute Gasteiger partial charge is 0.495 e. The Labute approximate surface area is 189 Å². The van der Waals surface area contributed by atoms with E-state index in [1.807, 2.05) is 23.8 Å². The molecule has 2 aromatic heterocycles. The van der Waals surface area contributed by atoms with Crippen molar-refractivity contribution in [1.29, 1.82) is 0 Å². The van der Waals surface area contributed by atoms with E-state index < -0.39 is 15.9 Å². The minimum absolute atomic E-state index is 0.0414. The number of thiophene rings is 1. The fourth-order valence-corrected chi connectivity index (χ4v) is 5.02. The third-order valence-corrected chi connectivity index (χ3v) is 7.78. The van der Waals surface area contributed by atoms with Crippen molar-refractivity contribution in [2.75, 3.05) is 32.8 Å². The van der Waals surface area contributed by atoms with E-state index in [-0.39, 0.29) is 10.6 Å². The third kappa shape index (κ3) is 4.74. The van der Waals surface area contributed by atoms with Crippen LogP contribution >= 0.6 is 23.1 Å². The minimum atomic E-state index is -3.68. The molecule has 0 aliphatic heterocycles. The predicted molar refractivity (Wildman–Crippen MR) is 124 cm³/mol. The molecule has 0 bridgehead atoms. The highest BCUT2D eigenvalue weighted by molar-refractivity contribution is 7.98. The van der Waals surface area contributed by atoms with Crippen molar-refractivity contribution < 1.29 is 17.9 Å². The number of rotatable bonds is 7. The van der Waals surface area contributed by atoms with Crippen LogP contribution in [0, 0.1) is 6.92 Å². The van der Waals surface area contributed by atoms with Crippen LogP contribution in [0.3, 0.4) is 0 Å². The molecular weight excluding hydrogens is 456 g/mol. The van der Waals surface area contributed by atoms with E-state index in [9.17, 15) is 13.2 Å². The van der Waals surface area contributed by atoms with Crippen molar-refractivity contribution in [3.05, 3.63) is 47.0 Å². The zero-order valence-electron chi connectivity index (χ0n) is 17.7. The van der Waals surface area contributed by atoms with Crippen LogP contribution in [0.15, 0.2) is 45.6 Å². The average Bonchev–Trinajstić information content (AvgIpc) is 3.27. The average molecular weight is 479 g/mol. The maximum atomic E-state index is 13.2. The molecule has 0 radical (unpaired) electrons. The number of methoxy groups -OCH3 is 1. The Morgan fingerprint density at radius 3 is 2.55 bits per heavy atom. The molecular formula is C20H22N4O4S3. The smallest absolute Gasteiger partial charge is 0.260 e. The zero-order valence-corrected chi connectivity index (χ0v) is 20.1. The van der Waals surface area contributed by atoms with Gasteiger partial charge >= 0.3 is 0 Å². The van der Waals surface area contributed by atoms with Crippen molar-refractivity contribution >= 4 is 44.7 Å². The number of aromatic nitrogens is 2. The number of nitrogens with one attached hydrogen (secondary N) is 1. The molecule has 1 aromatic carbocycles. The fraction of sp³-hybridized carbons (Fsp3) is 0.250. The zero-order chi connectivity index (χ0) is 22.8. The Balaban J connectivity index is 2.01. The number of ether oxygens (including phenoxy) is 1. The van der Waals surface area contributed by atoms with Crippen LogP contribution in [-0.4, -0.2) is 56.1 Å². The molecule has 31 heavy (non-hydrogen) atoms. The maximum absolute atomic E-state index is 13.2. The van der Waals surface area contributed by atoms with E-state index in [1.165, 1.54) is 62.5 Å². The van der Waals surface area contributed by atoms with E-state index in [1.54, 1.807) is 6.92 Å². The molecule has 0 fully saturated rings. The number of nitrogens with zero attached hydrogens (tertiary/aromatic N) is 3. The first kappa shape index (κ1) is 23.2. The first-order chi connectivity index (χ1) is 14.7. The third-order valence-electron chi connectivity index (χ3n) is 4.42. The lowest BCUT2D eigenvalue weighted by Gasteiger charge is -2.16. The fourth-order valence-electron chi connectivity index (χ4n) is 2.81. The van der Waals surface area contributed by atoms with E-state index in [0.29, 0.717) is 27.9 Å². The molecule has 0 unspecified atom stereocenters. The number of hydrogen-bond donors (Lipinski definition) is 1. The summed E-state index contributed by atoms with van der Waals surface area (Å²) in [6.45, 7) is 1.75. The molecule has 3 aromatic rings. The molecule has 0 saturated carbocycles. The van der Waals surface area contributed by atoms with Crippen LogP contribution in [0.5, 0.6) is 5.75 Å². The second-order valence-electron chi connectivity index (χ2n) is 6.60. The van der Waals surface area contributed by atoms with Gasteiger partial charge in [0, 0.05) is 14.1 Å². The lowest BCUT2D eigenvalue weighted by Crippen LogP contribution is -2.23. The topological polar surface area (TPSA) is 101 Å². The second-order valence-corrected chi connectivity index (χ2v) is 10.5.